The number of nitrogens with zero attached hydrogens (tertiary/aromatic N) is 4. The third kappa shape index (κ3) is 1.80. The second-order valence-corrected chi connectivity index (χ2v) is 3.61. The Balaban J connectivity index is 2.45. The summed E-state index contributed by atoms with van der Waals surface area (Å²) in [6.07, 6.45) is 5.25. The second kappa shape index (κ2) is 4.38. The summed E-state index contributed by atoms with van der Waals surface area (Å²) in [7, 11) is 1.83. The van der Waals surface area contributed by atoms with E-state index in [2.05, 4.69) is 20.7 Å². The summed E-state index contributed by atoms with van der Waals surface area (Å²) in [5.41, 5.74) is 5.81. The number of pyridine rings is 1. The number of nitrogens with two attached hydrogens (primary N) is 1. The first-order valence-corrected chi connectivity index (χ1v) is 4.95. The van der Waals surface area contributed by atoms with Gasteiger partial charge in [-0.3, -0.25) is 15.5 Å². The van der Waals surface area contributed by atoms with Gasteiger partial charge in [0.2, 0.25) is 0 Å². The van der Waals surface area contributed by atoms with Crippen molar-refractivity contribution in [3.8, 4) is 0 Å². The normalized spacial score (nSPS) is 12.7. The van der Waals surface area contributed by atoms with Gasteiger partial charge in [-0.1, -0.05) is 5.21 Å². The molecule has 0 bridgehead atoms. The second-order valence-electron chi connectivity index (χ2n) is 3.61. The van der Waals surface area contributed by atoms with Crippen molar-refractivity contribution in [1.82, 2.24) is 25.4 Å². The topological polar surface area (TPSA) is 81.7 Å². The van der Waals surface area contributed by atoms with Crippen LogP contribution in [0.15, 0.2) is 24.7 Å². The monoisotopic (exact) mass is 218 g/mol. The van der Waals surface area contributed by atoms with E-state index in [1.807, 2.05) is 20.0 Å². The highest BCUT2D eigenvalue weighted by Gasteiger charge is 2.18. The first-order chi connectivity index (χ1) is 7.74. The zero-order chi connectivity index (χ0) is 11.5. The van der Waals surface area contributed by atoms with Gasteiger partial charge in [0, 0.05) is 19.4 Å². The van der Waals surface area contributed by atoms with Gasteiger partial charge < -0.3 is 0 Å². The van der Waals surface area contributed by atoms with Crippen LogP contribution >= 0.6 is 0 Å². The van der Waals surface area contributed by atoms with Crippen molar-refractivity contribution in [3.63, 3.8) is 0 Å². The van der Waals surface area contributed by atoms with Crippen LogP contribution in [-0.4, -0.2) is 20.0 Å². The average molecular weight is 218 g/mol. The Kier molecular flexibility index (Phi) is 2.93. The standard InChI is InChI=1S/C10H14N6/c1-7-3-4-12-5-8(7)10(14-11)9-6-13-15-16(9)2/h3-6,10,14H,11H2,1-2H3. The number of rotatable bonds is 3. The van der Waals surface area contributed by atoms with Crippen LogP contribution < -0.4 is 11.3 Å². The van der Waals surface area contributed by atoms with Gasteiger partial charge in [0.05, 0.1) is 17.9 Å². The maximum Gasteiger partial charge on any atom is 0.0911 e. The molecule has 0 aliphatic heterocycles. The zero-order valence-corrected chi connectivity index (χ0v) is 9.25. The lowest BCUT2D eigenvalue weighted by molar-refractivity contribution is 0.567. The summed E-state index contributed by atoms with van der Waals surface area (Å²) in [5, 5.41) is 7.73. The highest BCUT2D eigenvalue weighted by Crippen LogP contribution is 2.21. The summed E-state index contributed by atoms with van der Waals surface area (Å²) in [6.45, 7) is 2.02. The Bertz CT molecular complexity index is 478. The fourth-order valence-corrected chi connectivity index (χ4v) is 1.67. The maximum absolute atomic E-state index is 5.59. The van der Waals surface area contributed by atoms with Gasteiger partial charge in [-0.2, -0.15) is 0 Å². The Morgan fingerprint density at radius 3 is 2.81 bits per heavy atom. The van der Waals surface area contributed by atoms with E-state index >= 15 is 0 Å². The lowest BCUT2D eigenvalue weighted by Gasteiger charge is -2.17. The molecule has 2 heterocycles. The van der Waals surface area contributed by atoms with E-state index in [-0.39, 0.29) is 6.04 Å². The van der Waals surface area contributed by atoms with E-state index in [1.165, 1.54) is 0 Å². The lowest BCUT2D eigenvalue weighted by atomic mass is 10.0. The van der Waals surface area contributed by atoms with Gasteiger partial charge >= 0.3 is 0 Å². The Morgan fingerprint density at radius 1 is 1.44 bits per heavy atom. The van der Waals surface area contributed by atoms with Gasteiger partial charge in [0.1, 0.15) is 0 Å². The van der Waals surface area contributed by atoms with E-state index < -0.39 is 0 Å². The van der Waals surface area contributed by atoms with Crippen LogP contribution in [0.2, 0.25) is 0 Å². The van der Waals surface area contributed by atoms with E-state index in [0.717, 1.165) is 16.8 Å². The Hall–Kier alpha value is -1.79. The van der Waals surface area contributed by atoms with Crippen LogP contribution in [0.5, 0.6) is 0 Å². The first-order valence-electron chi connectivity index (χ1n) is 4.95. The van der Waals surface area contributed by atoms with Crippen molar-refractivity contribution < 1.29 is 0 Å². The van der Waals surface area contributed by atoms with Crippen LogP contribution in [0.4, 0.5) is 0 Å². The van der Waals surface area contributed by atoms with Crippen LogP contribution in [-0.2, 0) is 7.05 Å². The number of nitrogens with one attached hydrogen (secondary N) is 1. The fraction of sp³-hybridized carbons (Fsp3) is 0.300. The first kappa shape index (κ1) is 10.7. The molecule has 1 unspecified atom stereocenters. The van der Waals surface area contributed by atoms with Crippen molar-refractivity contribution in [3.05, 3.63) is 41.5 Å². The molecule has 6 heteroatoms. The molecule has 0 saturated heterocycles. The molecule has 0 saturated carbocycles. The van der Waals surface area contributed by atoms with Gasteiger partial charge in [-0.25, -0.2) is 5.43 Å². The van der Waals surface area contributed by atoms with Gasteiger partial charge in [-0.05, 0) is 24.1 Å². The van der Waals surface area contributed by atoms with Crippen LogP contribution in [0.1, 0.15) is 22.9 Å². The largest absolute Gasteiger partial charge is 0.271 e. The van der Waals surface area contributed by atoms with E-state index in [1.54, 1.807) is 23.3 Å². The molecule has 16 heavy (non-hydrogen) atoms. The molecule has 3 N–H and O–H groups in total. The summed E-state index contributed by atoms with van der Waals surface area (Å²) >= 11 is 0. The minimum atomic E-state index is -0.145. The third-order valence-corrected chi connectivity index (χ3v) is 2.60. The minimum absolute atomic E-state index is 0.145. The van der Waals surface area contributed by atoms with Gasteiger partial charge in [-0.15, -0.1) is 5.10 Å². The molecule has 84 valence electrons. The molecular weight excluding hydrogens is 204 g/mol. The highest BCUT2D eigenvalue weighted by molar-refractivity contribution is 5.30. The third-order valence-electron chi connectivity index (χ3n) is 2.60. The van der Waals surface area contributed by atoms with E-state index in [4.69, 9.17) is 5.84 Å². The molecule has 0 spiro atoms. The van der Waals surface area contributed by atoms with Crippen LogP contribution in [0, 0.1) is 6.92 Å². The molecular formula is C10H14N6. The maximum atomic E-state index is 5.59. The fourth-order valence-electron chi connectivity index (χ4n) is 1.67. The SMILES string of the molecule is Cc1ccncc1C(NN)c1cnnn1C. The molecule has 0 amide bonds. The molecule has 2 rings (SSSR count). The summed E-state index contributed by atoms with van der Waals surface area (Å²) in [4.78, 5) is 4.11. The molecule has 0 aromatic carbocycles. The van der Waals surface area contributed by atoms with Crippen molar-refractivity contribution in [2.75, 3.05) is 0 Å². The van der Waals surface area contributed by atoms with E-state index in [9.17, 15) is 0 Å². The van der Waals surface area contributed by atoms with Gasteiger partial charge in [0.25, 0.3) is 0 Å². The van der Waals surface area contributed by atoms with Crippen molar-refractivity contribution in [1.29, 1.82) is 0 Å². The number of hydrogen-bond donors (Lipinski definition) is 2. The summed E-state index contributed by atoms with van der Waals surface area (Å²) < 4.78 is 1.69. The van der Waals surface area contributed by atoms with Gasteiger partial charge in [0.15, 0.2) is 0 Å². The Labute approximate surface area is 93.5 Å². The molecule has 1 atom stereocenters. The van der Waals surface area contributed by atoms with Crippen LogP contribution in [0.3, 0.4) is 0 Å². The van der Waals surface area contributed by atoms with Crippen molar-refractivity contribution in [2.24, 2.45) is 12.9 Å². The molecule has 0 radical (unpaired) electrons. The van der Waals surface area contributed by atoms with Crippen molar-refractivity contribution >= 4 is 0 Å². The highest BCUT2D eigenvalue weighted by atomic mass is 15.4. The zero-order valence-electron chi connectivity index (χ0n) is 9.25. The van der Waals surface area contributed by atoms with Crippen molar-refractivity contribution in [2.45, 2.75) is 13.0 Å². The number of aromatic nitrogens is 4. The molecule has 0 aliphatic rings. The Morgan fingerprint density at radius 2 is 2.25 bits per heavy atom. The molecule has 2 aromatic heterocycles. The molecule has 0 aliphatic carbocycles. The number of aryl methyl sites for hydroxylation is 2. The predicted molar refractivity (Wildman–Crippen MR) is 59.1 cm³/mol. The quantitative estimate of drug-likeness (QED) is 0.563. The summed E-state index contributed by atoms with van der Waals surface area (Å²) in [6, 6.07) is 1.80. The number of hydrazine groups is 1. The minimum Gasteiger partial charge on any atom is -0.271 e. The lowest BCUT2D eigenvalue weighted by Crippen LogP contribution is -2.31. The van der Waals surface area contributed by atoms with E-state index in [0.29, 0.717) is 0 Å². The smallest absolute Gasteiger partial charge is 0.0911 e. The molecule has 2 aromatic rings. The number of hydrogen-bond acceptors (Lipinski definition) is 5. The predicted octanol–water partition coefficient (Wildman–Crippen LogP) is 0.0712. The summed E-state index contributed by atoms with van der Waals surface area (Å²) in [5.74, 6) is 5.59. The average Bonchev–Trinajstić information content (AvgIpc) is 2.69. The molecule has 6 nitrogen and oxygen atoms in total. The molecule has 0 fully saturated rings. The van der Waals surface area contributed by atoms with Crippen LogP contribution in [0.25, 0.3) is 0 Å².